The first-order valence-electron chi connectivity index (χ1n) is 3.74. The van der Waals surface area contributed by atoms with E-state index in [0.29, 0.717) is 0 Å². The summed E-state index contributed by atoms with van der Waals surface area (Å²) in [6.07, 6.45) is 0. The predicted octanol–water partition coefficient (Wildman–Crippen LogP) is 3.12. The lowest BCUT2D eigenvalue weighted by Crippen LogP contribution is -1.60. The van der Waals surface area contributed by atoms with E-state index in [1.165, 1.54) is 5.56 Å². The Morgan fingerprint density at radius 1 is 0.636 bits per heavy atom. The van der Waals surface area contributed by atoms with Crippen LogP contribution < -0.4 is 0 Å². The molecule has 11 heavy (non-hydrogen) atoms. The topological polar surface area (TPSA) is 0 Å². The van der Waals surface area contributed by atoms with E-state index in [1.54, 1.807) is 0 Å². The highest BCUT2D eigenvalue weighted by Crippen LogP contribution is 1.89. The van der Waals surface area contributed by atoms with Crippen molar-refractivity contribution in [2.75, 3.05) is 0 Å². The van der Waals surface area contributed by atoms with Crippen LogP contribution in [0.15, 0.2) is 54.6 Å². The van der Waals surface area contributed by atoms with Crippen LogP contribution in [-0.2, 0) is 0 Å². The zero-order valence-corrected chi connectivity index (χ0v) is 6.70. The highest BCUT2D eigenvalue weighted by molar-refractivity contribution is 5.09. The van der Waals surface area contributed by atoms with Gasteiger partial charge in [-0.25, -0.2) is 0 Å². The third kappa shape index (κ3) is 3.41. The molecule has 1 aromatic rings. The Morgan fingerprint density at radius 2 is 1.00 bits per heavy atom. The Morgan fingerprint density at radius 3 is 1.45 bits per heavy atom. The molecular weight excluding hydrogens is 132 g/mol. The lowest BCUT2D eigenvalue weighted by molar-refractivity contribution is 1.50. The zero-order valence-electron chi connectivity index (χ0n) is 6.70. The molecule has 0 radical (unpaired) electrons. The molecule has 0 amide bonds. The van der Waals surface area contributed by atoms with Gasteiger partial charge in [-0.15, -0.1) is 0 Å². The van der Waals surface area contributed by atoms with Gasteiger partial charge in [0.1, 0.15) is 0 Å². The molecule has 1 rings (SSSR count). The maximum atomic E-state index is 2.08. The highest BCUT2D eigenvalue weighted by atomic mass is 13.8. The average Bonchev–Trinajstić information content (AvgIpc) is 2.03. The molecule has 56 valence electrons. The minimum atomic E-state index is 1.27. The summed E-state index contributed by atoms with van der Waals surface area (Å²) in [5.41, 5.74) is 1.27. The first-order chi connectivity index (χ1) is 5.39. The molecule has 0 fully saturated rings. The third-order valence-corrected chi connectivity index (χ3v) is 1.38. The van der Waals surface area contributed by atoms with Gasteiger partial charge in [0.05, 0.1) is 0 Å². The van der Waals surface area contributed by atoms with Gasteiger partial charge in [0.25, 0.3) is 0 Å². The van der Waals surface area contributed by atoms with E-state index in [4.69, 9.17) is 0 Å². The van der Waals surface area contributed by atoms with Crippen LogP contribution in [0, 0.1) is 6.92 Å². The van der Waals surface area contributed by atoms with Crippen molar-refractivity contribution in [2.24, 2.45) is 0 Å². The largest absolute Gasteiger partial charge is 0.0623 e. The SMILES string of the molecule is Cc1ccccccccc1. The molecule has 0 heteroatoms. The van der Waals surface area contributed by atoms with Crippen LogP contribution in [0.4, 0.5) is 0 Å². The van der Waals surface area contributed by atoms with Gasteiger partial charge in [-0.05, 0) is 6.92 Å². The fourth-order valence-corrected chi connectivity index (χ4v) is 0.791. The molecule has 0 nitrogen and oxygen atoms in total. The van der Waals surface area contributed by atoms with Crippen molar-refractivity contribution < 1.29 is 0 Å². The molecule has 1 aromatic carbocycles. The van der Waals surface area contributed by atoms with E-state index in [1.807, 2.05) is 42.5 Å². The second-order valence-electron chi connectivity index (χ2n) is 2.42. The Labute approximate surface area is 67.8 Å². The van der Waals surface area contributed by atoms with E-state index in [-0.39, 0.29) is 0 Å². The van der Waals surface area contributed by atoms with Crippen LogP contribution in [0.25, 0.3) is 0 Å². The van der Waals surface area contributed by atoms with Gasteiger partial charge in [0, 0.05) is 0 Å². The average molecular weight is 144 g/mol. The monoisotopic (exact) mass is 144 g/mol. The molecule has 0 aliphatic rings. The van der Waals surface area contributed by atoms with Crippen molar-refractivity contribution in [2.45, 2.75) is 6.92 Å². The van der Waals surface area contributed by atoms with Crippen LogP contribution in [0.3, 0.4) is 0 Å². The van der Waals surface area contributed by atoms with E-state index < -0.39 is 0 Å². The van der Waals surface area contributed by atoms with Crippen molar-refractivity contribution in [1.82, 2.24) is 0 Å². The molecule has 0 bridgehead atoms. The minimum Gasteiger partial charge on any atom is -0.0623 e. The molecule has 0 heterocycles. The Bertz CT molecular complexity index is 237. The van der Waals surface area contributed by atoms with Crippen molar-refractivity contribution in [3.05, 3.63) is 60.2 Å². The van der Waals surface area contributed by atoms with Gasteiger partial charge in [-0.2, -0.15) is 0 Å². The van der Waals surface area contributed by atoms with Crippen LogP contribution in [0.1, 0.15) is 5.56 Å². The van der Waals surface area contributed by atoms with Crippen molar-refractivity contribution in [3.8, 4) is 0 Å². The summed E-state index contributed by atoms with van der Waals surface area (Å²) in [7, 11) is 0. The Hall–Kier alpha value is -1.30. The third-order valence-electron chi connectivity index (χ3n) is 1.38. The molecular formula is C11H12. The summed E-state index contributed by atoms with van der Waals surface area (Å²) >= 11 is 0. The number of hydrogen-bond donors (Lipinski definition) is 0. The lowest BCUT2D eigenvalue weighted by atomic mass is 10.3. The zero-order chi connectivity index (χ0) is 7.94. The predicted molar refractivity (Wildman–Crippen MR) is 48.8 cm³/mol. The maximum Gasteiger partial charge on any atom is -0.0398 e. The smallest absolute Gasteiger partial charge is 0.0398 e. The standard InChI is InChI=1S/C11H12/c1-11-9-7-5-3-2-4-6-8-10-11/h2-10H,1H3. The van der Waals surface area contributed by atoms with E-state index >= 15 is 0 Å². The van der Waals surface area contributed by atoms with Gasteiger partial charge < -0.3 is 0 Å². The van der Waals surface area contributed by atoms with Gasteiger partial charge in [-0.1, -0.05) is 60.2 Å². The van der Waals surface area contributed by atoms with Gasteiger partial charge >= 0.3 is 0 Å². The van der Waals surface area contributed by atoms with Crippen molar-refractivity contribution in [3.63, 3.8) is 0 Å². The first kappa shape index (κ1) is 7.80. The van der Waals surface area contributed by atoms with Crippen LogP contribution in [-0.4, -0.2) is 0 Å². The van der Waals surface area contributed by atoms with Gasteiger partial charge in [-0.3, -0.25) is 0 Å². The molecule has 0 atom stereocenters. The van der Waals surface area contributed by atoms with E-state index in [2.05, 4.69) is 19.1 Å². The summed E-state index contributed by atoms with van der Waals surface area (Å²) in [4.78, 5) is 0. The van der Waals surface area contributed by atoms with Gasteiger partial charge in [0.2, 0.25) is 0 Å². The second-order valence-corrected chi connectivity index (χ2v) is 2.42. The number of rotatable bonds is 0. The summed E-state index contributed by atoms with van der Waals surface area (Å²) in [5.74, 6) is 0. The second kappa shape index (κ2) is 4.51. The maximum absolute atomic E-state index is 2.08. The normalized spacial score (nSPS) is 8.45. The van der Waals surface area contributed by atoms with Crippen molar-refractivity contribution >= 4 is 0 Å². The molecule has 0 saturated heterocycles. The summed E-state index contributed by atoms with van der Waals surface area (Å²) in [6.45, 7) is 2.08. The summed E-state index contributed by atoms with van der Waals surface area (Å²) in [6, 6.07) is 18.3. The van der Waals surface area contributed by atoms with E-state index in [9.17, 15) is 0 Å². The van der Waals surface area contributed by atoms with Crippen LogP contribution in [0.2, 0.25) is 0 Å². The first-order valence-corrected chi connectivity index (χ1v) is 3.74. The quantitative estimate of drug-likeness (QED) is 0.524. The molecule has 0 aliphatic heterocycles. The molecule has 0 aromatic heterocycles. The van der Waals surface area contributed by atoms with Crippen LogP contribution >= 0.6 is 0 Å². The summed E-state index contributed by atoms with van der Waals surface area (Å²) in [5, 5.41) is 0. The van der Waals surface area contributed by atoms with Crippen LogP contribution in [0.5, 0.6) is 0 Å². The number of aryl methyl sites for hydroxylation is 1. The van der Waals surface area contributed by atoms with E-state index in [0.717, 1.165) is 0 Å². The fraction of sp³-hybridized carbons (Fsp3) is 0.0909. The molecule has 0 N–H and O–H groups in total. The van der Waals surface area contributed by atoms with Crippen molar-refractivity contribution in [1.29, 1.82) is 0 Å². The molecule has 0 spiro atoms. The fourth-order valence-electron chi connectivity index (χ4n) is 0.791. The Kier molecular flexibility index (Phi) is 3.20. The Balaban J connectivity index is 3.11. The lowest BCUT2D eigenvalue weighted by Gasteiger charge is -1.80. The molecule has 0 aliphatic carbocycles. The molecule has 0 saturated carbocycles. The highest BCUT2D eigenvalue weighted by Gasteiger charge is 1.69. The number of hydrogen-bond acceptors (Lipinski definition) is 0. The van der Waals surface area contributed by atoms with Gasteiger partial charge in [0.15, 0.2) is 0 Å². The summed E-state index contributed by atoms with van der Waals surface area (Å²) < 4.78 is 0. The minimum absolute atomic E-state index is 1.27. The molecule has 0 unspecified atom stereocenters.